The normalized spacial score (nSPS) is 25.7. The molecule has 2 aliphatic rings. The first-order valence-electron chi connectivity index (χ1n) is 5.65. The number of fused-ring (bicyclic) bond motifs is 3. The average molecular weight is 261 g/mol. The van der Waals surface area contributed by atoms with E-state index >= 15 is 0 Å². The summed E-state index contributed by atoms with van der Waals surface area (Å²) in [6.07, 6.45) is 0. The van der Waals surface area contributed by atoms with Crippen molar-refractivity contribution in [2.75, 3.05) is 28.3 Å². The number of benzene rings is 1. The lowest BCUT2D eigenvalue weighted by Gasteiger charge is -2.40. The highest BCUT2D eigenvalue weighted by Crippen LogP contribution is 2.34. The molecule has 6 heteroatoms. The molecule has 0 aromatic heterocycles. The van der Waals surface area contributed by atoms with E-state index in [4.69, 9.17) is 5.26 Å². The Bertz CT molecular complexity index is 593. The van der Waals surface area contributed by atoms with Crippen molar-refractivity contribution >= 4 is 28.1 Å². The van der Waals surface area contributed by atoms with Crippen LogP contribution in [0.5, 0.6) is 0 Å². The molecule has 1 fully saturated rings. The van der Waals surface area contributed by atoms with Crippen LogP contribution in [0.15, 0.2) is 18.2 Å². The lowest BCUT2D eigenvalue weighted by atomic mass is 10.1. The van der Waals surface area contributed by atoms with Gasteiger partial charge in [0.2, 0.25) is 5.91 Å². The molecule has 0 aliphatic carbocycles. The van der Waals surface area contributed by atoms with Crippen LogP contribution < -0.4 is 10.2 Å². The minimum Gasteiger partial charge on any atom is -0.356 e. The fourth-order valence-corrected chi connectivity index (χ4v) is 3.62. The van der Waals surface area contributed by atoms with Gasteiger partial charge in [0.25, 0.3) is 0 Å². The standard InChI is InChI=1S/C12H11N3O2S/c13-6-8-1-2-9-10(5-8)15-3-4-18(17)7-11(15)12(16)14-9/h1-2,5,11H,3-4,7H2,(H,14,16). The summed E-state index contributed by atoms with van der Waals surface area (Å²) in [4.78, 5) is 13.9. The molecule has 0 spiro atoms. The van der Waals surface area contributed by atoms with Crippen molar-refractivity contribution in [3.63, 3.8) is 0 Å². The Balaban J connectivity index is 2.07. The largest absolute Gasteiger partial charge is 0.356 e. The van der Waals surface area contributed by atoms with E-state index in [1.54, 1.807) is 18.2 Å². The second kappa shape index (κ2) is 4.10. The molecule has 2 aliphatic heterocycles. The van der Waals surface area contributed by atoms with Gasteiger partial charge in [-0.1, -0.05) is 0 Å². The van der Waals surface area contributed by atoms with E-state index in [1.807, 2.05) is 4.90 Å². The fourth-order valence-electron chi connectivity index (χ4n) is 2.37. The number of carbonyl (C=O) groups excluding carboxylic acids is 1. The first-order valence-corrected chi connectivity index (χ1v) is 7.14. The molecule has 1 N–H and O–H groups in total. The highest BCUT2D eigenvalue weighted by atomic mass is 32.2. The summed E-state index contributed by atoms with van der Waals surface area (Å²) < 4.78 is 11.6. The highest BCUT2D eigenvalue weighted by molar-refractivity contribution is 7.85. The number of hydrogen-bond acceptors (Lipinski definition) is 4. The number of nitrogens with one attached hydrogen (secondary N) is 1. The molecule has 1 aromatic carbocycles. The summed E-state index contributed by atoms with van der Waals surface area (Å²) in [5.74, 6) is 0.822. The van der Waals surface area contributed by atoms with Crippen LogP contribution in [0.2, 0.25) is 0 Å². The lowest BCUT2D eigenvalue weighted by molar-refractivity contribution is -0.117. The summed E-state index contributed by atoms with van der Waals surface area (Å²) in [6.45, 7) is 0.590. The summed E-state index contributed by atoms with van der Waals surface area (Å²) in [5.41, 5.74) is 2.15. The Labute approximate surface area is 107 Å². The molecule has 92 valence electrons. The molecule has 0 radical (unpaired) electrons. The molecule has 1 aromatic rings. The zero-order valence-electron chi connectivity index (χ0n) is 9.55. The summed E-state index contributed by atoms with van der Waals surface area (Å²) in [6, 6.07) is 6.92. The van der Waals surface area contributed by atoms with Gasteiger partial charge in [-0.3, -0.25) is 9.00 Å². The number of hydrogen-bond donors (Lipinski definition) is 1. The van der Waals surface area contributed by atoms with Gasteiger partial charge in [0.15, 0.2) is 0 Å². The second-order valence-electron chi connectivity index (χ2n) is 4.35. The number of nitrogens with zero attached hydrogens (tertiary/aromatic N) is 2. The third kappa shape index (κ3) is 1.68. The molecule has 3 rings (SSSR count). The molecule has 0 saturated carbocycles. The molecule has 2 unspecified atom stereocenters. The lowest BCUT2D eigenvalue weighted by Crippen LogP contribution is -2.55. The van der Waals surface area contributed by atoms with Crippen molar-refractivity contribution in [2.45, 2.75) is 6.04 Å². The number of carbonyl (C=O) groups is 1. The molecule has 1 amide bonds. The molecule has 2 atom stereocenters. The van der Waals surface area contributed by atoms with Gasteiger partial charge in [-0.25, -0.2) is 0 Å². The molecule has 0 bridgehead atoms. The number of rotatable bonds is 0. The molecular weight excluding hydrogens is 250 g/mol. The van der Waals surface area contributed by atoms with Crippen molar-refractivity contribution in [1.29, 1.82) is 5.26 Å². The third-order valence-corrected chi connectivity index (χ3v) is 4.60. The van der Waals surface area contributed by atoms with Crippen LogP contribution >= 0.6 is 0 Å². The predicted octanol–water partition coefficient (Wildman–Crippen LogP) is 0.448. The first-order chi connectivity index (χ1) is 8.69. The Kier molecular flexibility index (Phi) is 2.56. The SMILES string of the molecule is N#Cc1ccc2c(c1)N1CCS(=O)CC1C(=O)N2. The zero-order chi connectivity index (χ0) is 12.7. The van der Waals surface area contributed by atoms with Gasteiger partial charge in [0, 0.05) is 23.1 Å². The van der Waals surface area contributed by atoms with E-state index < -0.39 is 10.8 Å². The maximum Gasteiger partial charge on any atom is 0.248 e. The van der Waals surface area contributed by atoms with Crippen molar-refractivity contribution < 1.29 is 9.00 Å². The molecule has 18 heavy (non-hydrogen) atoms. The average Bonchev–Trinajstić information content (AvgIpc) is 2.39. The van der Waals surface area contributed by atoms with E-state index in [0.717, 1.165) is 11.4 Å². The van der Waals surface area contributed by atoms with Crippen LogP contribution in [0.1, 0.15) is 5.56 Å². The van der Waals surface area contributed by atoms with Crippen LogP contribution in [-0.4, -0.2) is 34.2 Å². The van der Waals surface area contributed by atoms with Crippen molar-refractivity contribution in [3.8, 4) is 6.07 Å². The van der Waals surface area contributed by atoms with Gasteiger partial charge in [-0.15, -0.1) is 0 Å². The number of nitriles is 1. The van der Waals surface area contributed by atoms with Crippen molar-refractivity contribution in [1.82, 2.24) is 0 Å². The molecule has 2 heterocycles. The highest BCUT2D eigenvalue weighted by Gasteiger charge is 2.37. The second-order valence-corrected chi connectivity index (χ2v) is 5.97. The van der Waals surface area contributed by atoms with Crippen LogP contribution in [0.3, 0.4) is 0 Å². The van der Waals surface area contributed by atoms with Gasteiger partial charge in [0.05, 0.1) is 28.8 Å². The van der Waals surface area contributed by atoms with E-state index in [0.29, 0.717) is 23.6 Å². The smallest absolute Gasteiger partial charge is 0.248 e. The Morgan fingerprint density at radius 2 is 2.33 bits per heavy atom. The maximum atomic E-state index is 11.9. The summed E-state index contributed by atoms with van der Waals surface area (Å²) in [5, 5.41) is 11.7. The minimum atomic E-state index is -0.931. The van der Waals surface area contributed by atoms with E-state index in [2.05, 4.69) is 11.4 Å². The first kappa shape index (κ1) is 11.2. The fraction of sp³-hybridized carbons (Fsp3) is 0.333. The van der Waals surface area contributed by atoms with Gasteiger partial charge in [-0.2, -0.15) is 5.26 Å². The summed E-state index contributed by atoms with van der Waals surface area (Å²) >= 11 is 0. The maximum absolute atomic E-state index is 11.9. The molecular formula is C12H11N3O2S. The van der Waals surface area contributed by atoms with Crippen LogP contribution in [0.25, 0.3) is 0 Å². The zero-order valence-corrected chi connectivity index (χ0v) is 10.4. The topological polar surface area (TPSA) is 73.2 Å². The molecule has 1 saturated heterocycles. The summed E-state index contributed by atoms with van der Waals surface area (Å²) in [7, 11) is -0.931. The van der Waals surface area contributed by atoms with E-state index in [9.17, 15) is 9.00 Å². The van der Waals surface area contributed by atoms with Crippen LogP contribution in [0, 0.1) is 11.3 Å². The Morgan fingerprint density at radius 3 is 3.11 bits per heavy atom. The quantitative estimate of drug-likeness (QED) is 0.736. The number of amides is 1. The van der Waals surface area contributed by atoms with E-state index in [1.165, 1.54) is 0 Å². The van der Waals surface area contributed by atoms with Gasteiger partial charge >= 0.3 is 0 Å². The minimum absolute atomic E-state index is 0.111. The van der Waals surface area contributed by atoms with Gasteiger partial charge in [0.1, 0.15) is 6.04 Å². The van der Waals surface area contributed by atoms with Gasteiger partial charge in [-0.05, 0) is 18.2 Å². The van der Waals surface area contributed by atoms with E-state index in [-0.39, 0.29) is 11.9 Å². The Hall–Kier alpha value is -1.87. The third-order valence-electron chi connectivity index (χ3n) is 3.28. The van der Waals surface area contributed by atoms with Crippen LogP contribution in [-0.2, 0) is 15.6 Å². The number of anilines is 2. The van der Waals surface area contributed by atoms with Crippen molar-refractivity contribution in [2.24, 2.45) is 0 Å². The van der Waals surface area contributed by atoms with Crippen LogP contribution in [0.4, 0.5) is 11.4 Å². The van der Waals surface area contributed by atoms with Gasteiger partial charge < -0.3 is 10.2 Å². The monoisotopic (exact) mass is 261 g/mol. The molecule has 5 nitrogen and oxygen atoms in total. The Morgan fingerprint density at radius 1 is 1.50 bits per heavy atom. The van der Waals surface area contributed by atoms with Crippen molar-refractivity contribution in [3.05, 3.63) is 23.8 Å². The predicted molar refractivity (Wildman–Crippen MR) is 68.8 cm³/mol.